The van der Waals surface area contributed by atoms with Crippen molar-refractivity contribution in [3.8, 4) is 0 Å². The first-order chi connectivity index (χ1) is 6.62. The lowest BCUT2D eigenvalue weighted by atomic mass is 10.2. The van der Waals surface area contributed by atoms with Crippen molar-refractivity contribution in [1.29, 1.82) is 0 Å². The van der Waals surface area contributed by atoms with E-state index in [9.17, 15) is 21.6 Å². The summed E-state index contributed by atoms with van der Waals surface area (Å²) in [5, 5.41) is -1.58. The second-order valence-electron chi connectivity index (χ2n) is 2.44. The van der Waals surface area contributed by atoms with Gasteiger partial charge in [0.2, 0.25) is 0 Å². The summed E-state index contributed by atoms with van der Waals surface area (Å²) in [6.07, 6.45) is -4.17. The van der Waals surface area contributed by atoms with E-state index < -0.39 is 30.8 Å². The Kier molecular flexibility index (Phi) is 3.18. The molecule has 1 rings (SSSR count). The van der Waals surface area contributed by atoms with Gasteiger partial charge in [-0.2, -0.15) is 13.2 Å². The molecule has 0 amide bonds. The van der Waals surface area contributed by atoms with Crippen LogP contribution in [0.5, 0.6) is 0 Å². The molecule has 0 fully saturated rings. The Balaban J connectivity index is 3.43. The lowest BCUT2D eigenvalue weighted by Gasteiger charge is -2.08. The number of hydrogen-bond acceptors (Lipinski definition) is 3. The molecule has 0 atom stereocenters. The highest BCUT2D eigenvalue weighted by molar-refractivity contribution is 8.13. The fourth-order valence-electron chi connectivity index (χ4n) is 0.770. The van der Waals surface area contributed by atoms with Gasteiger partial charge in [-0.15, -0.1) is 0 Å². The minimum atomic E-state index is -4.75. The highest BCUT2D eigenvalue weighted by Crippen LogP contribution is 2.35. The predicted molar refractivity (Wildman–Crippen MR) is 47.3 cm³/mol. The summed E-state index contributed by atoms with van der Waals surface area (Å²) < 4.78 is 58.2. The molecule has 0 N–H and O–H groups in total. The van der Waals surface area contributed by atoms with Gasteiger partial charge in [-0.25, -0.2) is 13.4 Å². The molecule has 3 nitrogen and oxygen atoms in total. The molecule has 0 unspecified atom stereocenters. The minimum Gasteiger partial charge on any atom is -0.242 e. The van der Waals surface area contributed by atoms with Crippen LogP contribution in [0.4, 0.5) is 13.2 Å². The molecular formula is C6H2Cl2F3NO2S. The van der Waals surface area contributed by atoms with Crippen molar-refractivity contribution in [3.05, 3.63) is 22.8 Å². The maximum absolute atomic E-state index is 12.3. The largest absolute Gasteiger partial charge is 0.418 e. The molecule has 0 radical (unpaired) electrons. The molecule has 0 aliphatic heterocycles. The van der Waals surface area contributed by atoms with Crippen LogP contribution in [0.3, 0.4) is 0 Å². The van der Waals surface area contributed by atoms with E-state index in [0.29, 0.717) is 6.20 Å². The summed E-state index contributed by atoms with van der Waals surface area (Å²) in [5.74, 6) is 0. The normalized spacial score (nSPS) is 12.9. The molecular weight excluding hydrogens is 278 g/mol. The SMILES string of the molecule is O=S(=O)(Cl)c1cc(C(F)(F)F)c(Cl)cn1. The van der Waals surface area contributed by atoms with Gasteiger partial charge in [0.1, 0.15) is 0 Å². The first-order valence-corrected chi connectivity index (χ1v) is 5.98. The van der Waals surface area contributed by atoms with E-state index in [0.717, 1.165) is 0 Å². The lowest BCUT2D eigenvalue weighted by Crippen LogP contribution is -2.08. The molecule has 0 aliphatic rings. The van der Waals surface area contributed by atoms with Crippen LogP contribution >= 0.6 is 22.3 Å². The molecule has 84 valence electrons. The number of aromatic nitrogens is 1. The van der Waals surface area contributed by atoms with Crippen LogP contribution in [-0.2, 0) is 15.2 Å². The highest BCUT2D eigenvalue weighted by Gasteiger charge is 2.34. The van der Waals surface area contributed by atoms with Gasteiger partial charge in [0.25, 0.3) is 9.05 Å². The lowest BCUT2D eigenvalue weighted by molar-refractivity contribution is -0.137. The van der Waals surface area contributed by atoms with Crippen LogP contribution in [0.15, 0.2) is 17.3 Å². The zero-order valence-electron chi connectivity index (χ0n) is 6.72. The van der Waals surface area contributed by atoms with E-state index >= 15 is 0 Å². The Morgan fingerprint density at radius 2 is 1.87 bits per heavy atom. The Morgan fingerprint density at radius 3 is 2.27 bits per heavy atom. The summed E-state index contributed by atoms with van der Waals surface area (Å²) in [6, 6.07) is 0.282. The van der Waals surface area contributed by atoms with Gasteiger partial charge in [0.05, 0.1) is 10.6 Å². The molecule has 0 aliphatic carbocycles. The van der Waals surface area contributed by atoms with Gasteiger partial charge in [0.15, 0.2) is 5.03 Å². The fraction of sp³-hybridized carbons (Fsp3) is 0.167. The van der Waals surface area contributed by atoms with Crippen molar-refractivity contribution in [2.24, 2.45) is 0 Å². The van der Waals surface area contributed by atoms with E-state index in [1.807, 2.05) is 0 Å². The van der Waals surface area contributed by atoms with Gasteiger partial charge in [-0.05, 0) is 6.07 Å². The molecule has 0 saturated heterocycles. The van der Waals surface area contributed by atoms with Crippen LogP contribution in [0.1, 0.15) is 5.56 Å². The third-order valence-electron chi connectivity index (χ3n) is 1.39. The second kappa shape index (κ2) is 3.80. The number of pyridine rings is 1. The first kappa shape index (κ1) is 12.5. The van der Waals surface area contributed by atoms with E-state index in [-0.39, 0.29) is 6.07 Å². The standard InChI is InChI=1S/C6H2Cl2F3NO2S/c7-4-2-12-5(15(8,13)14)1-3(4)6(9,10)11/h1-2H. The Bertz CT molecular complexity index is 486. The van der Waals surface area contributed by atoms with Crippen LogP contribution in [0, 0.1) is 0 Å². The van der Waals surface area contributed by atoms with Crippen LogP contribution in [-0.4, -0.2) is 13.4 Å². The average Bonchev–Trinajstić information content (AvgIpc) is 2.00. The zero-order chi connectivity index (χ0) is 11.9. The molecule has 1 heterocycles. The molecule has 1 aromatic heterocycles. The average molecular weight is 280 g/mol. The number of nitrogens with zero attached hydrogens (tertiary/aromatic N) is 1. The number of alkyl halides is 3. The first-order valence-electron chi connectivity index (χ1n) is 3.30. The number of halogens is 5. The zero-order valence-corrected chi connectivity index (χ0v) is 9.04. The number of hydrogen-bond donors (Lipinski definition) is 0. The Morgan fingerprint density at radius 1 is 1.33 bits per heavy atom. The van der Waals surface area contributed by atoms with Crippen molar-refractivity contribution in [3.63, 3.8) is 0 Å². The summed E-state index contributed by atoms with van der Waals surface area (Å²) in [4.78, 5) is 3.17. The fourth-order valence-corrected chi connectivity index (χ4v) is 1.67. The van der Waals surface area contributed by atoms with E-state index in [1.165, 1.54) is 0 Å². The van der Waals surface area contributed by atoms with Crippen molar-refractivity contribution in [1.82, 2.24) is 4.98 Å². The topological polar surface area (TPSA) is 47.0 Å². The molecule has 0 saturated carbocycles. The second-order valence-corrected chi connectivity index (χ2v) is 5.36. The molecule has 0 spiro atoms. The van der Waals surface area contributed by atoms with Gasteiger partial charge >= 0.3 is 6.18 Å². The smallest absolute Gasteiger partial charge is 0.242 e. The maximum atomic E-state index is 12.3. The van der Waals surface area contributed by atoms with Gasteiger partial charge in [-0.3, -0.25) is 0 Å². The van der Waals surface area contributed by atoms with Crippen LogP contribution in [0.25, 0.3) is 0 Å². The summed E-state index contributed by atoms with van der Waals surface area (Å²) >= 11 is 5.21. The predicted octanol–water partition coefficient (Wildman–Crippen LogP) is 2.68. The van der Waals surface area contributed by atoms with Crippen molar-refractivity contribution >= 4 is 31.3 Å². The Hall–Kier alpha value is -0.530. The van der Waals surface area contributed by atoms with Crippen molar-refractivity contribution in [2.45, 2.75) is 11.2 Å². The molecule has 0 aromatic carbocycles. The minimum absolute atomic E-state index is 0.282. The molecule has 9 heteroatoms. The maximum Gasteiger partial charge on any atom is 0.418 e. The van der Waals surface area contributed by atoms with Gasteiger partial charge in [-0.1, -0.05) is 11.6 Å². The summed E-state index contributed by atoms with van der Waals surface area (Å²) in [7, 11) is 0.532. The van der Waals surface area contributed by atoms with E-state index in [4.69, 9.17) is 22.3 Å². The third-order valence-corrected chi connectivity index (χ3v) is 2.88. The third kappa shape index (κ3) is 2.96. The molecule has 0 bridgehead atoms. The number of rotatable bonds is 1. The van der Waals surface area contributed by atoms with E-state index in [2.05, 4.69) is 4.98 Å². The van der Waals surface area contributed by atoms with Crippen LogP contribution in [0.2, 0.25) is 5.02 Å². The van der Waals surface area contributed by atoms with Crippen molar-refractivity contribution in [2.75, 3.05) is 0 Å². The van der Waals surface area contributed by atoms with Crippen molar-refractivity contribution < 1.29 is 21.6 Å². The summed E-state index contributed by atoms with van der Waals surface area (Å²) in [6.45, 7) is 0. The Labute approximate surface area is 92.2 Å². The monoisotopic (exact) mass is 279 g/mol. The molecule has 1 aromatic rings. The summed E-state index contributed by atoms with van der Waals surface area (Å²) in [5.41, 5.74) is -1.29. The van der Waals surface area contributed by atoms with Gasteiger partial charge in [0, 0.05) is 16.9 Å². The molecule has 15 heavy (non-hydrogen) atoms. The highest BCUT2D eigenvalue weighted by atomic mass is 35.7. The van der Waals surface area contributed by atoms with Crippen LogP contribution < -0.4 is 0 Å². The van der Waals surface area contributed by atoms with Gasteiger partial charge < -0.3 is 0 Å². The van der Waals surface area contributed by atoms with E-state index in [1.54, 1.807) is 0 Å². The quantitative estimate of drug-likeness (QED) is 0.743.